The molecule has 26 heavy (non-hydrogen) atoms. The average molecular weight is 353 g/mol. The normalized spacial score (nSPS) is 10.8. The number of carbonyl (C=O) groups is 3. The summed E-state index contributed by atoms with van der Waals surface area (Å²) >= 11 is 0. The highest BCUT2D eigenvalue weighted by molar-refractivity contribution is 6.14. The molecule has 0 aromatic heterocycles. The summed E-state index contributed by atoms with van der Waals surface area (Å²) in [5, 5.41) is 8.15. The fourth-order valence-electron chi connectivity index (χ4n) is 2.24. The van der Waals surface area contributed by atoms with Gasteiger partial charge in [-0.3, -0.25) is 14.4 Å². The zero-order chi connectivity index (χ0) is 19.3. The maximum absolute atomic E-state index is 12.6. The van der Waals surface area contributed by atoms with Gasteiger partial charge in [0.1, 0.15) is 5.41 Å². The molecule has 2 aromatic carbocycles. The third-order valence-corrected chi connectivity index (χ3v) is 3.87. The standard InChI is InChI=1S/C20H23N3O3/c1-13-6-5-7-17(12-13)23-19(26)20(3,4)18(25)22-16-10-8-15(9-11-16)21-14(2)24/h5-12H,1-4H3,(H,21,24)(H,22,25)(H,23,26). The third kappa shape index (κ3) is 4.92. The zero-order valence-electron chi connectivity index (χ0n) is 15.3. The quantitative estimate of drug-likeness (QED) is 0.718. The van der Waals surface area contributed by atoms with Crippen LogP contribution in [0.5, 0.6) is 0 Å². The first kappa shape index (κ1) is 19.2. The molecule has 6 heteroatoms. The molecule has 0 aliphatic carbocycles. The lowest BCUT2D eigenvalue weighted by Crippen LogP contribution is -2.41. The molecule has 0 bridgehead atoms. The number of amides is 3. The van der Waals surface area contributed by atoms with Crippen molar-refractivity contribution in [1.82, 2.24) is 0 Å². The molecule has 0 spiro atoms. The number of benzene rings is 2. The van der Waals surface area contributed by atoms with Gasteiger partial charge in [0, 0.05) is 24.0 Å². The molecule has 2 rings (SSSR count). The summed E-state index contributed by atoms with van der Waals surface area (Å²) in [7, 11) is 0. The van der Waals surface area contributed by atoms with E-state index in [0.29, 0.717) is 17.1 Å². The molecule has 136 valence electrons. The second-order valence-electron chi connectivity index (χ2n) is 6.66. The largest absolute Gasteiger partial charge is 0.326 e. The minimum atomic E-state index is -1.26. The second kappa shape index (κ2) is 7.82. The van der Waals surface area contributed by atoms with Crippen LogP contribution < -0.4 is 16.0 Å². The first-order valence-corrected chi connectivity index (χ1v) is 8.26. The van der Waals surface area contributed by atoms with Crippen LogP contribution in [0.1, 0.15) is 26.3 Å². The number of nitrogens with one attached hydrogen (secondary N) is 3. The molecular formula is C20H23N3O3. The van der Waals surface area contributed by atoms with Gasteiger partial charge in [0.25, 0.3) is 0 Å². The Labute approximate surface area is 153 Å². The van der Waals surface area contributed by atoms with E-state index in [2.05, 4.69) is 16.0 Å². The van der Waals surface area contributed by atoms with Crippen LogP contribution in [0.2, 0.25) is 0 Å². The highest BCUT2D eigenvalue weighted by atomic mass is 16.2. The molecule has 3 N–H and O–H groups in total. The van der Waals surface area contributed by atoms with E-state index in [0.717, 1.165) is 5.56 Å². The van der Waals surface area contributed by atoms with Crippen LogP contribution >= 0.6 is 0 Å². The molecule has 0 saturated carbocycles. The van der Waals surface area contributed by atoms with Crippen LogP contribution in [0.25, 0.3) is 0 Å². The SMILES string of the molecule is CC(=O)Nc1ccc(NC(=O)C(C)(C)C(=O)Nc2cccc(C)c2)cc1. The Morgan fingerprint density at radius 1 is 0.769 bits per heavy atom. The predicted molar refractivity (Wildman–Crippen MR) is 103 cm³/mol. The molecule has 2 aromatic rings. The molecule has 0 heterocycles. The van der Waals surface area contributed by atoms with Gasteiger partial charge in [-0.1, -0.05) is 12.1 Å². The van der Waals surface area contributed by atoms with Crippen molar-refractivity contribution in [2.45, 2.75) is 27.7 Å². The van der Waals surface area contributed by atoms with E-state index in [1.807, 2.05) is 25.1 Å². The van der Waals surface area contributed by atoms with Crippen molar-refractivity contribution >= 4 is 34.8 Å². The van der Waals surface area contributed by atoms with Crippen molar-refractivity contribution in [2.75, 3.05) is 16.0 Å². The van der Waals surface area contributed by atoms with Crippen molar-refractivity contribution < 1.29 is 14.4 Å². The van der Waals surface area contributed by atoms with Crippen LogP contribution in [0, 0.1) is 12.3 Å². The summed E-state index contributed by atoms with van der Waals surface area (Å²) in [5.74, 6) is -0.985. The van der Waals surface area contributed by atoms with Crippen LogP contribution in [0.3, 0.4) is 0 Å². The summed E-state index contributed by atoms with van der Waals surface area (Å²) in [6, 6.07) is 14.1. The van der Waals surface area contributed by atoms with Crippen LogP contribution in [-0.4, -0.2) is 17.7 Å². The van der Waals surface area contributed by atoms with Crippen molar-refractivity contribution in [3.63, 3.8) is 0 Å². The van der Waals surface area contributed by atoms with Crippen LogP contribution in [-0.2, 0) is 14.4 Å². The van der Waals surface area contributed by atoms with Gasteiger partial charge in [-0.15, -0.1) is 0 Å². The number of anilines is 3. The van der Waals surface area contributed by atoms with Crippen LogP contribution in [0.4, 0.5) is 17.1 Å². The Balaban J connectivity index is 2.04. The molecule has 6 nitrogen and oxygen atoms in total. The van der Waals surface area contributed by atoms with E-state index < -0.39 is 17.2 Å². The Kier molecular flexibility index (Phi) is 5.77. The summed E-state index contributed by atoms with van der Waals surface area (Å²) in [4.78, 5) is 36.1. The molecule has 0 aliphatic heterocycles. The van der Waals surface area contributed by atoms with Crippen molar-refractivity contribution in [3.05, 3.63) is 54.1 Å². The first-order valence-electron chi connectivity index (χ1n) is 8.26. The Bertz CT molecular complexity index is 826. The summed E-state index contributed by atoms with van der Waals surface area (Å²) in [5.41, 5.74) is 1.58. The fourth-order valence-corrected chi connectivity index (χ4v) is 2.24. The minimum absolute atomic E-state index is 0.171. The number of hydrogen-bond donors (Lipinski definition) is 3. The third-order valence-electron chi connectivity index (χ3n) is 3.87. The first-order chi connectivity index (χ1) is 12.2. The van der Waals surface area contributed by atoms with E-state index in [1.54, 1.807) is 44.2 Å². The summed E-state index contributed by atoms with van der Waals surface area (Å²) in [6.45, 7) is 6.49. The van der Waals surface area contributed by atoms with Gasteiger partial charge in [0.2, 0.25) is 17.7 Å². The Morgan fingerprint density at radius 2 is 1.27 bits per heavy atom. The van der Waals surface area contributed by atoms with Gasteiger partial charge in [-0.2, -0.15) is 0 Å². The van der Waals surface area contributed by atoms with Gasteiger partial charge in [-0.25, -0.2) is 0 Å². The van der Waals surface area contributed by atoms with Crippen molar-refractivity contribution in [1.29, 1.82) is 0 Å². The molecule has 0 radical (unpaired) electrons. The Morgan fingerprint density at radius 3 is 1.77 bits per heavy atom. The predicted octanol–water partition coefficient (Wildman–Crippen LogP) is 3.56. The summed E-state index contributed by atoms with van der Waals surface area (Å²) < 4.78 is 0. The monoisotopic (exact) mass is 353 g/mol. The fraction of sp³-hybridized carbons (Fsp3) is 0.250. The highest BCUT2D eigenvalue weighted by Crippen LogP contribution is 2.22. The zero-order valence-corrected chi connectivity index (χ0v) is 15.3. The molecule has 0 fully saturated rings. The van der Waals surface area contributed by atoms with E-state index >= 15 is 0 Å². The van der Waals surface area contributed by atoms with E-state index in [4.69, 9.17) is 0 Å². The van der Waals surface area contributed by atoms with E-state index in [1.165, 1.54) is 6.92 Å². The number of aryl methyl sites for hydroxylation is 1. The van der Waals surface area contributed by atoms with E-state index in [-0.39, 0.29) is 5.91 Å². The van der Waals surface area contributed by atoms with Gasteiger partial charge < -0.3 is 16.0 Å². The van der Waals surface area contributed by atoms with Gasteiger partial charge in [0.05, 0.1) is 0 Å². The maximum atomic E-state index is 12.6. The van der Waals surface area contributed by atoms with Gasteiger partial charge >= 0.3 is 0 Å². The van der Waals surface area contributed by atoms with Crippen LogP contribution in [0.15, 0.2) is 48.5 Å². The average Bonchev–Trinajstić information content (AvgIpc) is 2.56. The van der Waals surface area contributed by atoms with E-state index in [9.17, 15) is 14.4 Å². The smallest absolute Gasteiger partial charge is 0.239 e. The van der Waals surface area contributed by atoms with Gasteiger partial charge in [0.15, 0.2) is 0 Å². The molecule has 3 amide bonds. The lowest BCUT2D eigenvalue weighted by Gasteiger charge is -2.23. The summed E-state index contributed by atoms with van der Waals surface area (Å²) in [6.07, 6.45) is 0. The maximum Gasteiger partial charge on any atom is 0.239 e. The molecule has 0 unspecified atom stereocenters. The lowest BCUT2D eigenvalue weighted by molar-refractivity contribution is -0.135. The topological polar surface area (TPSA) is 87.3 Å². The Hall–Kier alpha value is -3.15. The lowest BCUT2D eigenvalue weighted by atomic mass is 9.90. The van der Waals surface area contributed by atoms with Gasteiger partial charge in [-0.05, 0) is 62.7 Å². The molecule has 0 aliphatic rings. The number of carbonyl (C=O) groups excluding carboxylic acids is 3. The van der Waals surface area contributed by atoms with Crippen molar-refractivity contribution in [3.8, 4) is 0 Å². The number of rotatable bonds is 5. The minimum Gasteiger partial charge on any atom is -0.326 e. The molecular weight excluding hydrogens is 330 g/mol. The van der Waals surface area contributed by atoms with Crippen molar-refractivity contribution in [2.24, 2.45) is 5.41 Å². The second-order valence-corrected chi connectivity index (χ2v) is 6.66. The molecule has 0 atom stereocenters. The molecule has 0 saturated heterocycles. The highest BCUT2D eigenvalue weighted by Gasteiger charge is 2.36. The number of hydrogen-bond acceptors (Lipinski definition) is 3.